The van der Waals surface area contributed by atoms with Gasteiger partial charge in [-0.25, -0.2) is 0 Å². The highest BCUT2D eigenvalue weighted by molar-refractivity contribution is 5.95. The van der Waals surface area contributed by atoms with Crippen LogP contribution < -0.4 is 0 Å². The number of aliphatic hydroxyl groups is 1. The number of amides is 1. The van der Waals surface area contributed by atoms with Crippen LogP contribution in [0.15, 0.2) is 12.1 Å². The molecule has 0 atom stereocenters. The second-order valence-electron chi connectivity index (χ2n) is 4.76. The van der Waals surface area contributed by atoms with Crippen LogP contribution in [0.1, 0.15) is 42.0 Å². The molecule has 100 valence electrons. The minimum Gasteiger partial charge on any atom is -0.396 e. The van der Waals surface area contributed by atoms with E-state index in [1.165, 1.54) is 0 Å². The number of hydrogen-bond donors (Lipinski definition) is 1. The zero-order valence-corrected chi connectivity index (χ0v) is 11.6. The van der Waals surface area contributed by atoms with E-state index in [4.69, 9.17) is 5.11 Å². The predicted molar refractivity (Wildman–Crippen MR) is 71.6 cm³/mol. The molecule has 0 saturated heterocycles. The molecule has 0 unspecified atom stereocenters. The minimum atomic E-state index is -0.0107. The molecule has 0 bridgehead atoms. The van der Waals surface area contributed by atoms with Crippen molar-refractivity contribution in [3.8, 4) is 0 Å². The molecular weight excluding hydrogens is 228 g/mol. The maximum atomic E-state index is 12.4. The number of pyridine rings is 1. The molecule has 4 nitrogen and oxygen atoms in total. The highest BCUT2D eigenvalue weighted by atomic mass is 16.3. The smallest absolute Gasteiger partial charge is 0.255 e. The number of aryl methyl sites for hydroxylation is 2. The Balaban J connectivity index is 2.94. The van der Waals surface area contributed by atoms with E-state index in [-0.39, 0.29) is 18.6 Å². The lowest BCUT2D eigenvalue weighted by molar-refractivity contribution is 0.0692. The number of rotatable bonds is 5. The van der Waals surface area contributed by atoms with Crippen molar-refractivity contribution in [1.82, 2.24) is 9.88 Å². The summed E-state index contributed by atoms with van der Waals surface area (Å²) in [7, 11) is 0. The fourth-order valence-electron chi connectivity index (χ4n) is 1.90. The van der Waals surface area contributed by atoms with E-state index in [9.17, 15) is 4.79 Å². The van der Waals surface area contributed by atoms with Gasteiger partial charge in [0.2, 0.25) is 0 Å². The monoisotopic (exact) mass is 250 g/mol. The van der Waals surface area contributed by atoms with Gasteiger partial charge in [-0.05, 0) is 46.2 Å². The van der Waals surface area contributed by atoms with Gasteiger partial charge in [0.1, 0.15) is 0 Å². The lowest BCUT2D eigenvalue weighted by Crippen LogP contribution is -2.38. The summed E-state index contributed by atoms with van der Waals surface area (Å²) in [6.45, 7) is 8.39. The average molecular weight is 250 g/mol. The number of carbonyl (C=O) groups is 1. The van der Waals surface area contributed by atoms with Gasteiger partial charge < -0.3 is 10.0 Å². The van der Waals surface area contributed by atoms with Crippen molar-refractivity contribution in [2.24, 2.45) is 0 Å². The number of nitrogens with zero attached hydrogens (tertiary/aromatic N) is 2. The number of aliphatic hydroxyl groups excluding tert-OH is 1. The van der Waals surface area contributed by atoms with E-state index in [0.29, 0.717) is 18.5 Å². The second kappa shape index (κ2) is 6.50. The van der Waals surface area contributed by atoms with Crippen molar-refractivity contribution >= 4 is 5.91 Å². The van der Waals surface area contributed by atoms with Gasteiger partial charge in [-0.1, -0.05) is 0 Å². The molecule has 4 heteroatoms. The van der Waals surface area contributed by atoms with Crippen LogP contribution in [-0.2, 0) is 0 Å². The summed E-state index contributed by atoms with van der Waals surface area (Å²) in [6.07, 6.45) is 0.599. The summed E-state index contributed by atoms with van der Waals surface area (Å²) in [5.74, 6) is -0.0107. The number of hydrogen-bond acceptors (Lipinski definition) is 3. The zero-order valence-electron chi connectivity index (χ0n) is 11.6. The standard InChI is InChI=1S/C14H22N2O2/c1-10(2)16(8-5-9-17)14(18)13-7-6-11(3)15-12(13)4/h6-7,10,17H,5,8-9H2,1-4H3. The van der Waals surface area contributed by atoms with E-state index in [0.717, 1.165) is 11.4 Å². The summed E-state index contributed by atoms with van der Waals surface area (Å²) in [6, 6.07) is 3.80. The molecular formula is C14H22N2O2. The number of aromatic nitrogens is 1. The Kier molecular flexibility index (Phi) is 5.28. The SMILES string of the molecule is Cc1ccc(C(=O)N(CCCO)C(C)C)c(C)n1. The van der Waals surface area contributed by atoms with E-state index in [1.807, 2.05) is 39.8 Å². The highest BCUT2D eigenvalue weighted by Crippen LogP contribution is 2.12. The van der Waals surface area contributed by atoms with Gasteiger partial charge in [0.15, 0.2) is 0 Å². The van der Waals surface area contributed by atoms with Crippen molar-refractivity contribution in [3.05, 3.63) is 29.1 Å². The third kappa shape index (κ3) is 3.53. The van der Waals surface area contributed by atoms with Crippen molar-refractivity contribution in [2.45, 2.75) is 40.2 Å². The van der Waals surface area contributed by atoms with Gasteiger partial charge in [0.25, 0.3) is 5.91 Å². The largest absolute Gasteiger partial charge is 0.396 e. The van der Waals surface area contributed by atoms with Crippen LogP contribution in [-0.4, -0.2) is 40.1 Å². The van der Waals surface area contributed by atoms with E-state index < -0.39 is 0 Å². The van der Waals surface area contributed by atoms with Gasteiger partial charge in [0, 0.05) is 24.9 Å². The molecule has 1 rings (SSSR count). The molecule has 1 heterocycles. The third-order valence-electron chi connectivity index (χ3n) is 2.90. The van der Waals surface area contributed by atoms with Gasteiger partial charge in [-0.2, -0.15) is 0 Å². The predicted octanol–water partition coefficient (Wildman–Crippen LogP) is 1.93. The summed E-state index contributed by atoms with van der Waals surface area (Å²) in [5, 5.41) is 8.89. The Hall–Kier alpha value is -1.42. The topological polar surface area (TPSA) is 53.4 Å². The molecule has 0 fully saturated rings. The van der Waals surface area contributed by atoms with Crippen LogP contribution in [0, 0.1) is 13.8 Å². The van der Waals surface area contributed by atoms with Gasteiger partial charge in [0.05, 0.1) is 11.3 Å². The van der Waals surface area contributed by atoms with Crippen molar-refractivity contribution in [1.29, 1.82) is 0 Å². The average Bonchev–Trinajstić information content (AvgIpc) is 2.28. The first-order valence-electron chi connectivity index (χ1n) is 6.33. The molecule has 1 aromatic rings. The molecule has 1 aromatic heterocycles. The Morgan fingerprint density at radius 1 is 1.39 bits per heavy atom. The molecule has 0 aliphatic heterocycles. The first kappa shape index (κ1) is 14.6. The summed E-state index contributed by atoms with van der Waals surface area (Å²) in [5.41, 5.74) is 2.32. The van der Waals surface area contributed by atoms with E-state index in [2.05, 4.69) is 4.98 Å². The first-order chi connectivity index (χ1) is 8.47. The lowest BCUT2D eigenvalue weighted by Gasteiger charge is -2.27. The summed E-state index contributed by atoms with van der Waals surface area (Å²) < 4.78 is 0. The van der Waals surface area contributed by atoms with Crippen LogP contribution in [0.3, 0.4) is 0 Å². The quantitative estimate of drug-likeness (QED) is 0.868. The van der Waals surface area contributed by atoms with Gasteiger partial charge >= 0.3 is 0 Å². The summed E-state index contributed by atoms with van der Waals surface area (Å²) >= 11 is 0. The highest BCUT2D eigenvalue weighted by Gasteiger charge is 2.20. The fraction of sp³-hybridized carbons (Fsp3) is 0.571. The molecule has 0 spiro atoms. The van der Waals surface area contributed by atoms with Gasteiger partial charge in [-0.3, -0.25) is 9.78 Å². The Morgan fingerprint density at radius 3 is 2.56 bits per heavy atom. The second-order valence-corrected chi connectivity index (χ2v) is 4.76. The minimum absolute atomic E-state index is 0.0107. The van der Waals surface area contributed by atoms with Crippen LogP contribution >= 0.6 is 0 Å². The third-order valence-corrected chi connectivity index (χ3v) is 2.90. The molecule has 0 aromatic carbocycles. The van der Waals surface area contributed by atoms with Crippen LogP contribution in [0.4, 0.5) is 0 Å². The molecule has 0 saturated carbocycles. The van der Waals surface area contributed by atoms with Crippen LogP contribution in [0.5, 0.6) is 0 Å². The van der Waals surface area contributed by atoms with Gasteiger partial charge in [-0.15, -0.1) is 0 Å². The number of carbonyl (C=O) groups excluding carboxylic acids is 1. The van der Waals surface area contributed by atoms with Crippen LogP contribution in [0.25, 0.3) is 0 Å². The Bertz CT molecular complexity index is 416. The molecule has 0 aliphatic rings. The van der Waals surface area contributed by atoms with E-state index in [1.54, 1.807) is 4.90 Å². The van der Waals surface area contributed by atoms with Crippen molar-refractivity contribution < 1.29 is 9.90 Å². The zero-order chi connectivity index (χ0) is 13.7. The molecule has 18 heavy (non-hydrogen) atoms. The first-order valence-corrected chi connectivity index (χ1v) is 6.33. The van der Waals surface area contributed by atoms with E-state index >= 15 is 0 Å². The molecule has 0 radical (unpaired) electrons. The van der Waals surface area contributed by atoms with Crippen LogP contribution in [0.2, 0.25) is 0 Å². The molecule has 1 N–H and O–H groups in total. The summed E-state index contributed by atoms with van der Waals surface area (Å²) in [4.78, 5) is 18.5. The normalized spacial score (nSPS) is 10.8. The van der Waals surface area contributed by atoms with Crippen molar-refractivity contribution in [2.75, 3.05) is 13.2 Å². The maximum Gasteiger partial charge on any atom is 0.255 e. The fourth-order valence-corrected chi connectivity index (χ4v) is 1.90. The lowest BCUT2D eigenvalue weighted by atomic mass is 10.1. The Morgan fingerprint density at radius 2 is 2.06 bits per heavy atom. The van der Waals surface area contributed by atoms with Crippen molar-refractivity contribution in [3.63, 3.8) is 0 Å². The maximum absolute atomic E-state index is 12.4. The molecule has 0 aliphatic carbocycles. The Labute approximate surface area is 109 Å². The molecule has 1 amide bonds.